The Morgan fingerprint density at radius 1 is 1.75 bits per heavy atom. The van der Waals surface area contributed by atoms with Crippen LogP contribution >= 0.6 is 11.9 Å². The van der Waals surface area contributed by atoms with Crippen LogP contribution < -0.4 is 0 Å². The van der Waals surface area contributed by atoms with E-state index in [1.54, 1.807) is 0 Å². The fourth-order valence-electron chi connectivity index (χ4n) is 0.373. The van der Waals surface area contributed by atoms with E-state index in [4.69, 9.17) is 0 Å². The monoisotopic (exact) mass is 129 g/mol. The molecule has 0 radical (unpaired) electrons. The van der Waals surface area contributed by atoms with Crippen LogP contribution in [0.1, 0.15) is 0 Å². The smallest absolute Gasteiger partial charge is 0.196 e. The van der Waals surface area contributed by atoms with Crippen LogP contribution in [-0.4, -0.2) is 23.5 Å². The highest BCUT2D eigenvalue weighted by molar-refractivity contribution is 7.99. The molecule has 0 amide bonds. The highest BCUT2D eigenvalue weighted by Crippen LogP contribution is 2.09. The number of Topliss-reactive ketones (excluding diaryl/α,β-unsaturated/α-hetero) is 1. The summed E-state index contributed by atoms with van der Waals surface area (Å²) in [5, 5.41) is 0. The van der Waals surface area contributed by atoms with Crippen LogP contribution in [0.3, 0.4) is 0 Å². The van der Waals surface area contributed by atoms with Gasteiger partial charge in [0.1, 0.15) is 0 Å². The number of nitrogens with zero attached hydrogens (tertiary/aromatic N) is 1. The van der Waals surface area contributed by atoms with Crippen LogP contribution in [0.2, 0.25) is 0 Å². The Balaban J connectivity index is 2.76. The van der Waals surface area contributed by atoms with Crippen LogP contribution in [0.4, 0.5) is 0 Å². The van der Waals surface area contributed by atoms with Crippen molar-refractivity contribution in [2.75, 3.05) is 5.75 Å². The van der Waals surface area contributed by atoms with Gasteiger partial charge in [-0.15, -0.1) is 0 Å². The highest BCUT2D eigenvalue weighted by Gasteiger charge is 2.15. The molecule has 42 valence electrons. The van der Waals surface area contributed by atoms with Crippen molar-refractivity contribution in [1.82, 2.24) is 0 Å². The zero-order chi connectivity index (χ0) is 5.98. The van der Waals surface area contributed by atoms with Gasteiger partial charge in [0.2, 0.25) is 0 Å². The molecule has 0 bridgehead atoms. The largest absolute Gasteiger partial charge is 0.296 e. The second kappa shape index (κ2) is 2.09. The molecular formula is C4H3NO2S. The minimum Gasteiger partial charge on any atom is -0.296 e. The zero-order valence-electron chi connectivity index (χ0n) is 3.96. The van der Waals surface area contributed by atoms with Crippen LogP contribution in [0, 0.1) is 0 Å². The first-order valence-corrected chi connectivity index (χ1v) is 2.97. The number of aldehydes is 1. The maximum Gasteiger partial charge on any atom is 0.196 e. The summed E-state index contributed by atoms with van der Waals surface area (Å²) in [6.07, 6.45) is 0.488. The van der Waals surface area contributed by atoms with E-state index in [0.717, 1.165) is 11.9 Å². The summed E-state index contributed by atoms with van der Waals surface area (Å²) >= 11 is 1.12. The van der Waals surface area contributed by atoms with Gasteiger partial charge in [-0.05, 0) is 11.9 Å². The average Bonchev–Trinajstić information content (AvgIpc) is 2.14. The van der Waals surface area contributed by atoms with Crippen molar-refractivity contribution < 1.29 is 9.59 Å². The summed E-state index contributed by atoms with van der Waals surface area (Å²) in [6.45, 7) is 0. The summed E-state index contributed by atoms with van der Waals surface area (Å²) < 4.78 is 3.55. The molecule has 0 saturated heterocycles. The number of carbonyl (C=O) groups is 2. The first kappa shape index (κ1) is 5.50. The number of carbonyl (C=O) groups excluding carboxylic acids is 2. The lowest BCUT2D eigenvalue weighted by atomic mass is 10.3. The van der Waals surface area contributed by atoms with Gasteiger partial charge in [0.05, 0.1) is 5.75 Å². The van der Waals surface area contributed by atoms with Crippen molar-refractivity contribution in [3.8, 4) is 0 Å². The van der Waals surface area contributed by atoms with Crippen LogP contribution in [0.5, 0.6) is 0 Å². The molecule has 1 aliphatic rings. The second-order valence-corrected chi connectivity index (χ2v) is 2.02. The molecular weight excluding hydrogens is 126 g/mol. The van der Waals surface area contributed by atoms with Gasteiger partial charge in [0, 0.05) is 0 Å². The Labute approximate surface area is 50.3 Å². The Morgan fingerprint density at radius 2 is 2.50 bits per heavy atom. The Hall–Kier alpha value is -0.640. The molecule has 0 spiro atoms. The molecule has 3 nitrogen and oxygen atoms in total. The van der Waals surface area contributed by atoms with Crippen LogP contribution in [0.15, 0.2) is 4.40 Å². The fraction of sp³-hybridized carbons (Fsp3) is 0.250. The Bertz CT molecular complexity index is 163. The van der Waals surface area contributed by atoms with E-state index in [0.29, 0.717) is 12.0 Å². The Morgan fingerprint density at radius 3 is 2.75 bits per heavy atom. The standard InChI is InChI=1S/C4H3NO2S/c6-1-3-4(7)2-8-5-3/h1H,2H2. The van der Waals surface area contributed by atoms with Crippen molar-refractivity contribution in [3.05, 3.63) is 0 Å². The molecule has 0 N–H and O–H groups in total. The minimum atomic E-state index is -0.162. The van der Waals surface area contributed by atoms with Gasteiger partial charge < -0.3 is 0 Å². The van der Waals surface area contributed by atoms with Crippen LogP contribution in [0.25, 0.3) is 0 Å². The van der Waals surface area contributed by atoms with E-state index in [1.165, 1.54) is 0 Å². The van der Waals surface area contributed by atoms with Crippen molar-refractivity contribution in [1.29, 1.82) is 0 Å². The average molecular weight is 129 g/mol. The molecule has 1 heterocycles. The third-order valence-corrected chi connectivity index (χ3v) is 1.47. The number of rotatable bonds is 1. The lowest BCUT2D eigenvalue weighted by Crippen LogP contribution is -2.11. The maximum absolute atomic E-state index is 10.4. The van der Waals surface area contributed by atoms with Crippen LogP contribution in [-0.2, 0) is 9.59 Å². The molecule has 0 unspecified atom stereocenters. The lowest BCUT2D eigenvalue weighted by molar-refractivity contribution is -0.111. The summed E-state index contributed by atoms with van der Waals surface area (Å²) in [5.74, 6) is 0.165. The van der Waals surface area contributed by atoms with E-state index in [-0.39, 0.29) is 11.5 Å². The maximum atomic E-state index is 10.4. The number of ketones is 1. The summed E-state index contributed by atoms with van der Waals surface area (Å²) in [5.41, 5.74) is 0.0648. The van der Waals surface area contributed by atoms with Gasteiger partial charge in [0.25, 0.3) is 0 Å². The molecule has 0 aliphatic carbocycles. The number of hydrogen-bond acceptors (Lipinski definition) is 4. The third-order valence-electron chi connectivity index (χ3n) is 0.756. The SMILES string of the molecule is O=CC1=NSCC1=O. The minimum absolute atomic E-state index is 0.0648. The van der Waals surface area contributed by atoms with Crippen molar-refractivity contribution in [3.63, 3.8) is 0 Å². The van der Waals surface area contributed by atoms with Gasteiger partial charge in [-0.3, -0.25) is 9.59 Å². The van der Waals surface area contributed by atoms with Gasteiger partial charge in [-0.1, -0.05) is 0 Å². The molecule has 0 aromatic carbocycles. The van der Waals surface area contributed by atoms with Crippen molar-refractivity contribution >= 4 is 29.7 Å². The highest BCUT2D eigenvalue weighted by atomic mass is 32.2. The van der Waals surface area contributed by atoms with Gasteiger partial charge in [-0.25, -0.2) is 4.40 Å². The van der Waals surface area contributed by atoms with E-state index in [2.05, 4.69) is 4.40 Å². The molecule has 8 heavy (non-hydrogen) atoms. The molecule has 0 fully saturated rings. The quantitative estimate of drug-likeness (QED) is 0.365. The van der Waals surface area contributed by atoms with Gasteiger partial charge in [-0.2, -0.15) is 0 Å². The van der Waals surface area contributed by atoms with Gasteiger partial charge >= 0.3 is 0 Å². The summed E-state index contributed by atoms with van der Waals surface area (Å²) in [6, 6.07) is 0. The Kier molecular flexibility index (Phi) is 1.43. The first-order chi connectivity index (χ1) is 3.84. The molecule has 0 aromatic heterocycles. The summed E-state index contributed by atoms with van der Waals surface area (Å²) in [4.78, 5) is 20.3. The molecule has 1 aliphatic heterocycles. The molecule has 4 heteroatoms. The molecule has 0 atom stereocenters. The predicted molar refractivity (Wildman–Crippen MR) is 31.0 cm³/mol. The first-order valence-electron chi connectivity index (χ1n) is 2.03. The molecule has 0 aromatic rings. The number of hydrogen-bond donors (Lipinski definition) is 0. The molecule has 1 rings (SSSR count). The van der Waals surface area contributed by atoms with E-state index >= 15 is 0 Å². The summed E-state index contributed by atoms with van der Waals surface area (Å²) in [7, 11) is 0. The normalized spacial score (nSPS) is 18.5. The lowest BCUT2D eigenvalue weighted by Gasteiger charge is -1.75. The topological polar surface area (TPSA) is 46.5 Å². The predicted octanol–water partition coefficient (Wildman–Crippen LogP) is -0.143. The second-order valence-electron chi connectivity index (χ2n) is 1.29. The molecule has 0 saturated carbocycles. The van der Waals surface area contributed by atoms with Crippen molar-refractivity contribution in [2.24, 2.45) is 4.40 Å². The zero-order valence-corrected chi connectivity index (χ0v) is 4.77. The fourth-order valence-corrected chi connectivity index (χ4v) is 0.986. The van der Waals surface area contributed by atoms with E-state index < -0.39 is 0 Å². The third kappa shape index (κ3) is 0.790. The van der Waals surface area contributed by atoms with E-state index in [1.807, 2.05) is 0 Å². The van der Waals surface area contributed by atoms with Gasteiger partial charge in [0.15, 0.2) is 17.8 Å². The van der Waals surface area contributed by atoms with Crippen molar-refractivity contribution in [2.45, 2.75) is 0 Å². The van der Waals surface area contributed by atoms with E-state index in [9.17, 15) is 9.59 Å².